The van der Waals surface area contributed by atoms with Gasteiger partial charge in [0, 0.05) is 74.4 Å². The van der Waals surface area contributed by atoms with Crippen LogP contribution in [0.3, 0.4) is 0 Å². The number of hydrogen-bond donors (Lipinski definition) is 1. The number of aromatic nitrogens is 2. The zero-order chi connectivity index (χ0) is 18.4. The topological polar surface area (TPSA) is 70.5 Å². The van der Waals surface area contributed by atoms with Crippen molar-refractivity contribution in [3.8, 4) is 0 Å². The molecule has 0 unspecified atom stereocenters. The number of pyridine rings is 1. The fraction of sp³-hybridized carbons (Fsp3) is 0.526. The normalized spacial score (nSPS) is 27.3. The number of piperazine rings is 1. The van der Waals surface area contributed by atoms with Crippen LogP contribution in [0.5, 0.6) is 0 Å². The van der Waals surface area contributed by atoms with Crippen LogP contribution in [0.2, 0.25) is 0 Å². The monoisotopic (exact) mass is 385 g/mol. The molecule has 3 aliphatic heterocycles. The van der Waals surface area contributed by atoms with Crippen molar-refractivity contribution in [3.63, 3.8) is 0 Å². The minimum Gasteiger partial charge on any atom is -0.345 e. The van der Waals surface area contributed by atoms with E-state index in [2.05, 4.69) is 15.2 Å². The van der Waals surface area contributed by atoms with Gasteiger partial charge in [0.25, 0.3) is 5.56 Å². The van der Waals surface area contributed by atoms with Crippen molar-refractivity contribution in [1.82, 2.24) is 19.8 Å². The number of thiazole rings is 1. The van der Waals surface area contributed by atoms with E-state index < -0.39 is 0 Å². The molecule has 27 heavy (non-hydrogen) atoms. The number of nitrogens with zero attached hydrogens (tertiary/aromatic N) is 4. The Morgan fingerprint density at radius 3 is 2.81 bits per heavy atom. The highest BCUT2D eigenvalue weighted by Gasteiger charge is 2.43. The Labute approximate surface area is 161 Å². The Hall–Kier alpha value is -2.19. The third kappa shape index (κ3) is 2.87. The number of amides is 1. The lowest BCUT2D eigenvalue weighted by Gasteiger charge is -2.44. The second kappa shape index (κ2) is 6.76. The van der Waals surface area contributed by atoms with E-state index in [-0.39, 0.29) is 23.4 Å². The smallest absolute Gasteiger partial charge is 0.251 e. The van der Waals surface area contributed by atoms with Crippen molar-refractivity contribution in [2.45, 2.75) is 18.4 Å². The first kappa shape index (κ1) is 16.9. The summed E-state index contributed by atoms with van der Waals surface area (Å²) in [6.45, 7) is 4.60. The highest BCUT2D eigenvalue weighted by Crippen LogP contribution is 2.39. The first-order chi connectivity index (χ1) is 13.2. The molecule has 1 N–H and O–H groups in total. The van der Waals surface area contributed by atoms with Crippen molar-refractivity contribution in [1.29, 1.82) is 0 Å². The predicted octanol–water partition coefficient (Wildman–Crippen LogP) is 0.901. The lowest BCUT2D eigenvalue weighted by Crippen LogP contribution is -2.56. The molecule has 0 saturated carbocycles. The largest absolute Gasteiger partial charge is 0.345 e. The van der Waals surface area contributed by atoms with Gasteiger partial charge in [-0.05, 0) is 12.5 Å². The zero-order valence-corrected chi connectivity index (χ0v) is 15.9. The van der Waals surface area contributed by atoms with Gasteiger partial charge in [-0.15, -0.1) is 11.3 Å². The van der Waals surface area contributed by atoms with Gasteiger partial charge in [0.2, 0.25) is 5.91 Å². The number of piperidine rings is 1. The lowest BCUT2D eigenvalue weighted by atomic mass is 9.79. The summed E-state index contributed by atoms with van der Waals surface area (Å²) in [6.07, 6.45) is 2.79. The van der Waals surface area contributed by atoms with Crippen molar-refractivity contribution in [2.75, 3.05) is 44.2 Å². The van der Waals surface area contributed by atoms with Gasteiger partial charge in [-0.3, -0.25) is 14.2 Å². The SMILES string of the molecule is O=C([C@H]1[C@@H]2CNC[C@@H](C2)c2cccc(=O)n21)N1CCN(c2nccs2)CC1. The Balaban J connectivity index is 1.40. The van der Waals surface area contributed by atoms with Crippen molar-refractivity contribution in [3.05, 3.63) is 45.8 Å². The van der Waals surface area contributed by atoms with Crippen molar-refractivity contribution >= 4 is 22.4 Å². The second-order valence-corrected chi connectivity index (χ2v) is 8.45. The second-order valence-electron chi connectivity index (χ2n) is 7.58. The molecule has 142 valence electrons. The molecule has 5 heterocycles. The maximum Gasteiger partial charge on any atom is 0.251 e. The fourth-order valence-electron chi connectivity index (χ4n) is 4.79. The summed E-state index contributed by atoms with van der Waals surface area (Å²) in [5.41, 5.74) is 0.953. The van der Waals surface area contributed by atoms with E-state index in [1.165, 1.54) is 0 Å². The molecule has 5 rings (SSSR count). The Morgan fingerprint density at radius 2 is 2.04 bits per heavy atom. The Kier molecular flexibility index (Phi) is 4.24. The van der Waals surface area contributed by atoms with Crippen molar-refractivity contribution < 1.29 is 4.79 Å². The van der Waals surface area contributed by atoms with Crippen LogP contribution in [0.4, 0.5) is 5.13 Å². The number of anilines is 1. The third-order valence-corrected chi connectivity index (χ3v) is 6.92. The predicted molar refractivity (Wildman–Crippen MR) is 104 cm³/mol. The first-order valence-electron chi connectivity index (χ1n) is 9.58. The molecule has 0 spiro atoms. The molecule has 0 radical (unpaired) electrons. The Morgan fingerprint density at radius 1 is 1.19 bits per heavy atom. The van der Waals surface area contributed by atoms with Crippen LogP contribution in [0.15, 0.2) is 34.6 Å². The van der Waals surface area contributed by atoms with Gasteiger partial charge < -0.3 is 15.1 Å². The first-order valence-corrected chi connectivity index (χ1v) is 10.5. The third-order valence-electron chi connectivity index (χ3n) is 6.08. The van der Waals surface area contributed by atoms with E-state index in [0.29, 0.717) is 19.0 Å². The average Bonchev–Trinajstić information content (AvgIpc) is 3.24. The van der Waals surface area contributed by atoms with Gasteiger partial charge in [0.05, 0.1) is 0 Å². The molecule has 0 aliphatic carbocycles. The molecule has 8 heteroatoms. The standard InChI is InChI=1S/C19H23N5O2S/c25-16-3-1-2-15-13-10-14(12-20-11-13)17(24(15)16)18(26)22-5-7-23(8-6-22)19-21-4-9-27-19/h1-4,9,13-14,17,20H,5-8,10-12H2/t13-,14+,17-/m1/s1. The zero-order valence-electron chi connectivity index (χ0n) is 15.1. The van der Waals surface area contributed by atoms with Crippen LogP contribution < -0.4 is 15.8 Å². The van der Waals surface area contributed by atoms with Gasteiger partial charge in [-0.1, -0.05) is 6.07 Å². The van der Waals surface area contributed by atoms with E-state index in [0.717, 1.165) is 43.4 Å². The van der Waals surface area contributed by atoms with Crippen LogP contribution in [-0.4, -0.2) is 59.6 Å². The minimum absolute atomic E-state index is 0.0520. The fourth-order valence-corrected chi connectivity index (χ4v) is 5.49. The van der Waals surface area contributed by atoms with Crippen LogP contribution in [-0.2, 0) is 4.79 Å². The van der Waals surface area contributed by atoms with Crippen LogP contribution in [0.1, 0.15) is 24.1 Å². The molecule has 2 saturated heterocycles. The van der Waals surface area contributed by atoms with E-state index >= 15 is 0 Å². The number of carbonyl (C=O) groups is 1. The number of rotatable bonds is 2. The van der Waals surface area contributed by atoms with Gasteiger partial charge in [-0.2, -0.15) is 0 Å². The van der Waals surface area contributed by atoms with Crippen LogP contribution in [0.25, 0.3) is 0 Å². The van der Waals surface area contributed by atoms with E-state index in [4.69, 9.17) is 0 Å². The average molecular weight is 385 g/mol. The van der Waals surface area contributed by atoms with Crippen LogP contribution >= 0.6 is 11.3 Å². The molecule has 2 aromatic heterocycles. The highest BCUT2D eigenvalue weighted by molar-refractivity contribution is 7.13. The van der Waals surface area contributed by atoms with Gasteiger partial charge in [-0.25, -0.2) is 4.98 Å². The maximum absolute atomic E-state index is 13.5. The summed E-state index contributed by atoms with van der Waals surface area (Å²) in [5, 5.41) is 6.45. The number of fused-ring (bicyclic) bond motifs is 4. The molecule has 2 aromatic rings. The summed E-state index contributed by atoms with van der Waals surface area (Å²) in [7, 11) is 0. The number of nitrogens with one attached hydrogen (secondary N) is 1. The summed E-state index contributed by atoms with van der Waals surface area (Å²) in [5.74, 6) is 0.597. The molecule has 3 atom stereocenters. The summed E-state index contributed by atoms with van der Waals surface area (Å²) >= 11 is 1.63. The molecule has 2 fully saturated rings. The molecule has 3 aliphatic rings. The number of hydrogen-bond acceptors (Lipinski definition) is 6. The molecule has 7 nitrogen and oxygen atoms in total. The minimum atomic E-state index is -0.385. The van der Waals surface area contributed by atoms with Gasteiger partial charge in [0.1, 0.15) is 6.04 Å². The van der Waals surface area contributed by atoms with E-state index in [9.17, 15) is 9.59 Å². The lowest BCUT2D eigenvalue weighted by molar-refractivity contribution is -0.138. The summed E-state index contributed by atoms with van der Waals surface area (Å²) in [6, 6.07) is 5.02. The maximum atomic E-state index is 13.5. The number of carbonyl (C=O) groups excluding carboxylic acids is 1. The molecular formula is C19H23N5O2S. The van der Waals surface area contributed by atoms with Crippen LogP contribution in [0, 0.1) is 5.92 Å². The van der Waals surface area contributed by atoms with Gasteiger partial charge in [0.15, 0.2) is 5.13 Å². The molecule has 2 bridgehead atoms. The molecule has 1 amide bonds. The quantitative estimate of drug-likeness (QED) is 0.832. The van der Waals surface area contributed by atoms with E-state index in [1.807, 2.05) is 28.6 Å². The summed E-state index contributed by atoms with van der Waals surface area (Å²) < 4.78 is 1.79. The van der Waals surface area contributed by atoms with Gasteiger partial charge >= 0.3 is 0 Å². The molecular weight excluding hydrogens is 362 g/mol. The van der Waals surface area contributed by atoms with Crippen molar-refractivity contribution in [2.24, 2.45) is 5.92 Å². The molecule has 0 aromatic carbocycles. The highest BCUT2D eigenvalue weighted by atomic mass is 32.1. The Bertz CT molecular complexity index is 888. The van der Waals surface area contributed by atoms with E-state index in [1.54, 1.807) is 22.0 Å². The summed E-state index contributed by atoms with van der Waals surface area (Å²) in [4.78, 5) is 34.7.